The average molecular weight is 446 g/mol. The Bertz CT molecular complexity index is 1040. The topological polar surface area (TPSA) is 136 Å². The van der Waals surface area contributed by atoms with Gasteiger partial charge in [-0.15, -0.1) is 0 Å². The average Bonchev–Trinajstić information content (AvgIpc) is 3.12. The van der Waals surface area contributed by atoms with Crippen molar-refractivity contribution in [3.63, 3.8) is 0 Å². The van der Waals surface area contributed by atoms with Crippen molar-refractivity contribution in [2.24, 2.45) is 5.92 Å². The van der Waals surface area contributed by atoms with E-state index >= 15 is 0 Å². The molecule has 0 saturated carbocycles. The van der Waals surface area contributed by atoms with Gasteiger partial charge in [0.25, 0.3) is 11.6 Å². The summed E-state index contributed by atoms with van der Waals surface area (Å²) in [4.78, 5) is 58.8. The van der Waals surface area contributed by atoms with Crippen LogP contribution in [0.1, 0.15) is 27.1 Å². The van der Waals surface area contributed by atoms with Crippen molar-refractivity contribution in [2.45, 2.75) is 6.42 Å². The lowest BCUT2D eigenvalue weighted by Crippen LogP contribution is -2.43. The Labute approximate surface area is 180 Å². The van der Waals surface area contributed by atoms with Gasteiger partial charge in [-0.1, -0.05) is 11.6 Å². The molecule has 1 N–H and O–H groups in total. The SMILES string of the molecule is O=C(COC(=O)[C@H]1CC(=O)N(NC(=O)c2ccc([N+](=O)[O-])cc2)C1)c1ccc(Cl)cc1. The van der Waals surface area contributed by atoms with Crippen LogP contribution < -0.4 is 5.43 Å². The van der Waals surface area contributed by atoms with Crippen LogP contribution in [0.4, 0.5) is 5.69 Å². The minimum absolute atomic E-state index is 0.109. The van der Waals surface area contributed by atoms with E-state index in [1.807, 2.05) is 0 Å². The van der Waals surface area contributed by atoms with Crippen LogP contribution in [0.15, 0.2) is 48.5 Å². The van der Waals surface area contributed by atoms with E-state index in [4.69, 9.17) is 16.3 Å². The molecule has 11 heteroatoms. The van der Waals surface area contributed by atoms with Crippen LogP contribution in [0, 0.1) is 16.0 Å². The van der Waals surface area contributed by atoms with E-state index in [-0.39, 0.29) is 24.2 Å². The third-order valence-corrected chi connectivity index (χ3v) is 4.80. The number of esters is 1. The summed E-state index contributed by atoms with van der Waals surface area (Å²) in [6.45, 7) is -0.605. The van der Waals surface area contributed by atoms with Gasteiger partial charge in [0.2, 0.25) is 5.91 Å². The van der Waals surface area contributed by atoms with E-state index in [1.54, 1.807) is 0 Å². The minimum atomic E-state index is -0.845. The van der Waals surface area contributed by atoms with E-state index < -0.39 is 41.0 Å². The molecule has 1 aliphatic rings. The fourth-order valence-corrected chi connectivity index (χ4v) is 2.99. The second kappa shape index (κ2) is 9.35. The van der Waals surface area contributed by atoms with Crippen LogP contribution in [0.5, 0.6) is 0 Å². The highest BCUT2D eigenvalue weighted by Crippen LogP contribution is 2.19. The third kappa shape index (κ3) is 5.43. The molecule has 0 bridgehead atoms. The van der Waals surface area contributed by atoms with Crippen molar-refractivity contribution in [3.8, 4) is 0 Å². The molecular formula is C20H16ClN3O7. The number of nitrogens with one attached hydrogen (secondary N) is 1. The van der Waals surface area contributed by atoms with E-state index in [1.165, 1.54) is 48.5 Å². The fourth-order valence-electron chi connectivity index (χ4n) is 2.87. The van der Waals surface area contributed by atoms with Crippen molar-refractivity contribution in [1.82, 2.24) is 10.4 Å². The Kier molecular flexibility index (Phi) is 6.61. The number of amides is 2. The van der Waals surface area contributed by atoms with Gasteiger partial charge < -0.3 is 4.74 Å². The molecule has 1 fully saturated rings. The summed E-state index contributed by atoms with van der Waals surface area (Å²) in [6, 6.07) is 10.9. The number of Topliss-reactive ketones (excluding diaryl/α,β-unsaturated/α-hetero) is 1. The van der Waals surface area contributed by atoms with Gasteiger partial charge in [0.15, 0.2) is 12.4 Å². The predicted molar refractivity (Wildman–Crippen MR) is 107 cm³/mol. The monoisotopic (exact) mass is 445 g/mol. The number of rotatable bonds is 7. The Morgan fingerprint density at radius 3 is 2.32 bits per heavy atom. The number of carbonyl (C=O) groups is 4. The van der Waals surface area contributed by atoms with Crippen molar-refractivity contribution in [3.05, 3.63) is 74.8 Å². The molecule has 0 spiro atoms. The Morgan fingerprint density at radius 2 is 1.71 bits per heavy atom. The molecule has 1 heterocycles. The van der Waals surface area contributed by atoms with Crippen molar-refractivity contribution in [1.29, 1.82) is 0 Å². The first kappa shape index (κ1) is 21.9. The number of ether oxygens (including phenoxy) is 1. The zero-order valence-corrected chi connectivity index (χ0v) is 16.7. The maximum Gasteiger partial charge on any atom is 0.311 e. The normalized spacial score (nSPS) is 15.5. The summed E-state index contributed by atoms with van der Waals surface area (Å²) in [7, 11) is 0. The summed E-state index contributed by atoms with van der Waals surface area (Å²) in [5, 5.41) is 12.1. The van der Waals surface area contributed by atoms with Crippen LogP contribution in [-0.2, 0) is 14.3 Å². The molecule has 1 atom stereocenters. The molecular weight excluding hydrogens is 430 g/mol. The lowest BCUT2D eigenvalue weighted by atomic mass is 10.1. The van der Waals surface area contributed by atoms with E-state index in [9.17, 15) is 29.3 Å². The molecule has 10 nitrogen and oxygen atoms in total. The van der Waals surface area contributed by atoms with Crippen molar-refractivity contribution in [2.75, 3.05) is 13.2 Å². The van der Waals surface area contributed by atoms with E-state index in [2.05, 4.69) is 5.43 Å². The van der Waals surface area contributed by atoms with Crippen LogP contribution in [0.3, 0.4) is 0 Å². The standard InChI is InChI=1S/C20H16ClN3O7/c21-15-5-1-12(2-6-15)17(25)11-31-20(28)14-9-18(26)23(10-14)22-19(27)13-3-7-16(8-4-13)24(29)30/h1-8,14H,9-11H2,(H,22,27)/t14-/m0/s1. The molecule has 0 radical (unpaired) electrons. The molecule has 0 aliphatic carbocycles. The fraction of sp³-hybridized carbons (Fsp3) is 0.200. The van der Waals surface area contributed by atoms with Gasteiger partial charge >= 0.3 is 5.97 Å². The van der Waals surface area contributed by atoms with Crippen molar-refractivity contribution < 1.29 is 28.8 Å². The van der Waals surface area contributed by atoms with Crippen LogP contribution in [0.2, 0.25) is 5.02 Å². The summed E-state index contributed by atoms with van der Waals surface area (Å²) in [5.41, 5.74) is 2.63. The Morgan fingerprint density at radius 1 is 1.10 bits per heavy atom. The number of carbonyl (C=O) groups excluding carboxylic acids is 4. The van der Waals surface area contributed by atoms with Crippen molar-refractivity contribution >= 4 is 40.9 Å². The van der Waals surface area contributed by atoms with Crippen LogP contribution in [-0.4, -0.2) is 46.7 Å². The quantitative estimate of drug-likeness (QED) is 0.298. The van der Waals surface area contributed by atoms with Gasteiger partial charge in [-0.3, -0.25) is 39.7 Å². The zero-order valence-electron chi connectivity index (χ0n) is 15.9. The lowest BCUT2D eigenvalue weighted by molar-refractivity contribution is -0.384. The molecule has 0 unspecified atom stereocenters. The zero-order chi connectivity index (χ0) is 22.5. The van der Waals surface area contributed by atoms with Gasteiger partial charge in [0.1, 0.15) is 0 Å². The predicted octanol–water partition coefficient (Wildman–Crippen LogP) is 2.17. The lowest BCUT2D eigenvalue weighted by Gasteiger charge is -2.17. The van der Waals surface area contributed by atoms with Crippen LogP contribution in [0.25, 0.3) is 0 Å². The Hall–Kier alpha value is -3.79. The molecule has 160 valence electrons. The van der Waals surface area contributed by atoms with Gasteiger partial charge in [-0.2, -0.15) is 0 Å². The summed E-state index contributed by atoms with van der Waals surface area (Å²) < 4.78 is 5.02. The van der Waals surface area contributed by atoms with Gasteiger partial charge in [-0.05, 0) is 36.4 Å². The second-order valence-corrected chi connectivity index (χ2v) is 7.12. The third-order valence-electron chi connectivity index (χ3n) is 4.55. The second-order valence-electron chi connectivity index (χ2n) is 6.69. The van der Waals surface area contributed by atoms with Crippen LogP contribution >= 0.6 is 11.6 Å². The van der Waals surface area contributed by atoms with E-state index in [0.717, 1.165) is 5.01 Å². The number of nitrogens with zero attached hydrogens (tertiary/aromatic N) is 2. The van der Waals surface area contributed by atoms with Gasteiger partial charge in [0, 0.05) is 34.7 Å². The molecule has 0 aromatic heterocycles. The molecule has 2 aromatic rings. The highest BCUT2D eigenvalue weighted by Gasteiger charge is 2.36. The highest BCUT2D eigenvalue weighted by molar-refractivity contribution is 6.30. The first-order valence-electron chi connectivity index (χ1n) is 9.06. The van der Waals surface area contributed by atoms with Gasteiger partial charge in [0.05, 0.1) is 17.4 Å². The number of ketones is 1. The first-order valence-corrected chi connectivity index (χ1v) is 9.43. The summed E-state index contributed by atoms with van der Waals surface area (Å²) >= 11 is 5.76. The first-order chi connectivity index (χ1) is 14.7. The Balaban J connectivity index is 1.52. The summed E-state index contributed by atoms with van der Waals surface area (Å²) in [5.74, 6) is -3.15. The largest absolute Gasteiger partial charge is 0.457 e. The number of nitro groups is 1. The minimum Gasteiger partial charge on any atom is -0.457 e. The maximum absolute atomic E-state index is 12.3. The highest BCUT2D eigenvalue weighted by atomic mass is 35.5. The molecule has 3 rings (SSSR count). The number of hydrogen-bond acceptors (Lipinski definition) is 7. The number of non-ortho nitro benzene ring substituents is 1. The maximum atomic E-state index is 12.3. The summed E-state index contributed by atoms with van der Waals surface area (Å²) in [6.07, 6.45) is -0.186. The molecule has 2 aromatic carbocycles. The molecule has 1 aliphatic heterocycles. The van der Waals surface area contributed by atoms with E-state index in [0.29, 0.717) is 10.6 Å². The van der Waals surface area contributed by atoms with Gasteiger partial charge in [-0.25, -0.2) is 0 Å². The number of hydrazine groups is 1. The molecule has 1 saturated heterocycles. The number of halogens is 1. The number of hydrogen-bond donors (Lipinski definition) is 1. The smallest absolute Gasteiger partial charge is 0.311 e. The number of nitro benzene ring substituents is 1. The molecule has 31 heavy (non-hydrogen) atoms. The molecule has 2 amide bonds. The number of benzene rings is 2.